The number of carbonyl (C=O) groups excluding carboxylic acids is 1. The van der Waals surface area contributed by atoms with Crippen LogP contribution in [0.3, 0.4) is 0 Å². The normalized spacial score (nSPS) is 11.0. The number of nitrogens with one attached hydrogen (secondary N) is 1. The summed E-state index contributed by atoms with van der Waals surface area (Å²) < 4.78 is 17.3. The van der Waals surface area contributed by atoms with Gasteiger partial charge in [-0.25, -0.2) is 5.43 Å². The van der Waals surface area contributed by atoms with Gasteiger partial charge in [0.2, 0.25) is 0 Å². The van der Waals surface area contributed by atoms with Crippen molar-refractivity contribution in [3.63, 3.8) is 0 Å². The monoisotopic (exact) mass is 464 g/mol. The van der Waals surface area contributed by atoms with Crippen LogP contribution in [0.4, 0.5) is 0 Å². The number of benzene rings is 2. The molecule has 6 nitrogen and oxygen atoms in total. The minimum atomic E-state index is -0.411. The average Bonchev–Trinajstić information content (AvgIpc) is 3.06. The number of carbonyl (C=O) groups is 1. The fourth-order valence-corrected chi connectivity index (χ4v) is 3.28. The minimum Gasteiger partial charge on any atom is -0.492 e. The lowest BCUT2D eigenvalue weighted by molar-refractivity contribution is 0.0929. The zero-order valence-corrected chi connectivity index (χ0v) is 16.4. The van der Waals surface area contributed by atoms with Crippen LogP contribution < -0.4 is 14.9 Å². The zero-order chi connectivity index (χ0) is 18.5. The Bertz CT molecular complexity index is 932. The van der Waals surface area contributed by atoms with Crippen molar-refractivity contribution in [2.45, 2.75) is 6.92 Å². The van der Waals surface area contributed by atoms with E-state index in [1.165, 1.54) is 0 Å². The largest absolute Gasteiger partial charge is 0.492 e. The van der Waals surface area contributed by atoms with Gasteiger partial charge < -0.3 is 13.9 Å². The number of nitrogens with zero attached hydrogens (tertiary/aromatic N) is 1. The highest BCUT2D eigenvalue weighted by molar-refractivity contribution is 14.1. The highest BCUT2D eigenvalue weighted by atomic mass is 127. The van der Waals surface area contributed by atoms with E-state index >= 15 is 0 Å². The second-order valence-corrected chi connectivity index (χ2v) is 6.48. The SMILES string of the molecule is CCOc1cc(C=NNC(=O)c2cc3ccccc3o2)cc(I)c1OC. The van der Waals surface area contributed by atoms with E-state index < -0.39 is 5.91 Å². The molecule has 3 rings (SSSR count). The summed E-state index contributed by atoms with van der Waals surface area (Å²) >= 11 is 2.16. The number of halogens is 1. The van der Waals surface area contributed by atoms with E-state index in [0.717, 1.165) is 14.5 Å². The predicted octanol–water partition coefficient (Wildman–Crippen LogP) is 4.21. The van der Waals surface area contributed by atoms with E-state index in [-0.39, 0.29) is 5.76 Å². The Kier molecular flexibility index (Phi) is 5.77. The molecule has 2 aromatic carbocycles. The van der Waals surface area contributed by atoms with E-state index in [1.807, 2.05) is 37.3 Å². The van der Waals surface area contributed by atoms with E-state index in [9.17, 15) is 4.79 Å². The molecule has 1 N–H and O–H groups in total. The summed E-state index contributed by atoms with van der Waals surface area (Å²) in [6, 6.07) is 12.8. The van der Waals surface area contributed by atoms with Crippen LogP contribution >= 0.6 is 22.6 Å². The quantitative estimate of drug-likeness (QED) is 0.337. The molecular weight excluding hydrogens is 447 g/mol. The Balaban J connectivity index is 1.74. The van der Waals surface area contributed by atoms with Gasteiger partial charge >= 0.3 is 5.91 Å². The molecule has 7 heteroatoms. The lowest BCUT2D eigenvalue weighted by Gasteiger charge is -2.11. The second kappa shape index (κ2) is 8.22. The van der Waals surface area contributed by atoms with E-state index in [4.69, 9.17) is 13.9 Å². The van der Waals surface area contributed by atoms with Crippen LogP contribution in [-0.2, 0) is 0 Å². The summed E-state index contributed by atoms with van der Waals surface area (Å²) in [6.45, 7) is 2.43. The molecule has 3 aromatic rings. The predicted molar refractivity (Wildman–Crippen MR) is 108 cm³/mol. The van der Waals surface area contributed by atoms with Crippen LogP contribution in [0.2, 0.25) is 0 Å². The first-order valence-corrected chi connectivity index (χ1v) is 9.02. The van der Waals surface area contributed by atoms with Crippen LogP contribution in [0.15, 0.2) is 52.0 Å². The molecular formula is C19H17IN2O4. The lowest BCUT2D eigenvalue weighted by Crippen LogP contribution is -2.16. The van der Waals surface area contributed by atoms with Crippen LogP contribution in [0, 0.1) is 3.57 Å². The van der Waals surface area contributed by atoms with Gasteiger partial charge in [-0.15, -0.1) is 0 Å². The summed E-state index contributed by atoms with van der Waals surface area (Å²) in [7, 11) is 1.60. The molecule has 0 atom stereocenters. The smallest absolute Gasteiger partial charge is 0.307 e. The van der Waals surface area contributed by atoms with Gasteiger partial charge in [-0.1, -0.05) is 18.2 Å². The molecule has 0 aliphatic rings. The van der Waals surface area contributed by atoms with Crippen molar-refractivity contribution in [1.82, 2.24) is 5.43 Å². The van der Waals surface area contributed by atoms with E-state index in [2.05, 4.69) is 33.1 Å². The first-order chi connectivity index (χ1) is 12.6. The van der Waals surface area contributed by atoms with Crippen LogP contribution in [-0.4, -0.2) is 25.8 Å². The fourth-order valence-electron chi connectivity index (χ4n) is 2.44. The molecule has 0 bridgehead atoms. The first kappa shape index (κ1) is 18.2. The standard InChI is InChI=1S/C19H17IN2O4/c1-3-25-16-9-12(8-14(20)18(16)24-2)11-21-22-19(23)17-10-13-6-4-5-7-15(13)26-17/h4-11H,3H2,1-2H3,(H,22,23). The number of ether oxygens (including phenoxy) is 2. The number of hydrogen-bond acceptors (Lipinski definition) is 5. The fraction of sp³-hybridized carbons (Fsp3) is 0.158. The zero-order valence-electron chi connectivity index (χ0n) is 14.3. The van der Waals surface area contributed by atoms with Crippen molar-refractivity contribution < 1.29 is 18.7 Å². The average molecular weight is 464 g/mol. The maximum Gasteiger partial charge on any atom is 0.307 e. The molecule has 134 valence electrons. The first-order valence-electron chi connectivity index (χ1n) is 7.94. The van der Waals surface area contributed by atoms with Gasteiger partial charge in [0.15, 0.2) is 17.3 Å². The van der Waals surface area contributed by atoms with Gasteiger partial charge in [0.1, 0.15) is 5.58 Å². The summed E-state index contributed by atoms with van der Waals surface area (Å²) in [4.78, 5) is 12.2. The van der Waals surface area contributed by atoms with Gasteiger partial charge in [0, 0.05) is 5.39 Å². The summed E-state index contributed by atoms with van der Waals surface area (Å²) in [5.74, 6) is 1.11. The third kappa shape index (κ3) is 3.98. The van der Waals surface area contributed by atoms with Crippen molar-refractivity contribution >= 4 is 45.7 Å². The molecule has 1 heterocycles. The van der Waals surface area contributed by atoms with Crippen molar-refractivity contribution in [3.05, 3.63) is 57.4 Å². The minimum absolute atomic E-state index is 0.211. The van der Waals surface area contributed by atoms with E-state index in [1.54, 1.807) is 25.5 Å². The number of hydrogen-bond donors (Lipinski definition) is 1. The third-order valence-corrected chi connectivity index (χ3v) is 4.37. The number of para-hydroxylation sites is 1. The Morgan fingerprint density at radius 1 is 1.31 bits per heavy atom. The van der Waals surface area contributed by atoms with Gasteiger partial charge in [-0.2, -0.15) is 5.10 Å². The highest BCUT2D eigenvalue weighted by Crippen LogP contribution is 2.33. The molecule has 0 radical (unpaired) electrons. The Hall–Kier alpha value is -2.55. The maximum absolute atomic E-state index is 12.2. The van der Waals surface area contributed by atoms with E-state index in [0.29, 0.717) is 23.7 Å². The van der Waals surface area contributed by atoms with Crippen LogP contribution in [0.25, 0.3) is 11.0 Å². The molecule has 26 heavy (non-hydrogen) atoms. The Morgan fingerprint density at radius 3 is 2.85 bits per heavy atom. The molecule has 0 aliphatic heterocycles. The number of rotatable bonds is 6. The molecule has 1 amide bonds. The third-order valence-electron chi connectivity index (χ3n) is 3.56. The molecule has 0 fully saturated rings. The Labute approximate surface area is 164 Å². The maximum atomic E-state index is 12.2. The molecule has 0 saturated carbocycles. The molecule has 0 saturated heterocycles. The lowest BCUT2D eigenvalue weighted by atomic mass is 10.2. The molecule has 1 aromatic heterocycles. The Morgan fingerprint density at radius 2 is 2.12 bits per heavy atom. The van der Waals surface area contributed by atoms with Gasteiger partial charge in [0.25, 0.3) is 0 Å². The summed E-state index contributed by atoms with van der Waals surface area (Å²) in [5, 5.41) is 4.87. The van der Waals surface area contributed by atoms with Crippen molar-refractivity contribution in [2.75, 3.05) is 13.7 Å². The molecule has 0 spiro atoms. The number of methoxy groups -OCH3 is 1. The number of hydrazone groups is 1. The molecule has 0 aliphatic carbocycles. The van der Waals surface area contributed by atoms with Gasteiger partial charge in [0.05, 0.1) is 23.5 Å². The number of furan rings is 1. The topological polar surface area (TPSA) is 73.1 Å². The van der Waals surface area contributed by atoms with Crippen molar-refractivity contribution in [3.8, 4) is 11.5 Å². The van der Waals surface area contributed by atoms with Crippen LogP contribution in [0.5, 0.6) is 11.5 Å². The van der Waals surface area contributed by atoms with Gasteiger partial charge in [-0.3, -0.25) is 4.79 Å². The van der Waals surface area contributed by atoms with Crippen molar-refractivity contribution in [1.29, 1.82) is 0 Å². The highest BCUT2D eigenvalue weighted by Gasteiger charge is 2.12. The second-order valence-electron chi connectivity index (χ2n) is 5.31. The van der Waals surface area contributed by atoms with Crippen LogP contribution in [0.1, 0.15) is 23.0 Å². The number of fused-ring (bicyclic) bond motifs is 1. The summed E-state index contributed by atoms with van der Waals surface area (Å²) in [6.07, 6.45) is 1.55. The van der Waals surface area contributed by atoms with Gasteiger partial charge in [-0.05, 0) is 59.3 Å². The number of amides is 1. The summed E-state index contributed by atoms with van der Waals surface area (Å²) in [5.41, 5.74) is 3.91. The van der Waals surface area contributed by atoms with Crippen molar-refractivity contribution in [2.24, 2.45) is 5.10 Å². The molecule has 0 unspecified atom stereocenters.